The summed E-state index contributed by atoms with van der Waals surface area (Å²) in [6.07, 6.45) is 2.15. The van der Waals surface area contributed by atoms with Crippen molar-refractivity contribution in [2.45, 2.75) is 19.4 Å². The van der Waals surface area contributed by atoms with Crippen molar-refractivity contribution in [2.24, 2.45) is 5.92 Å². The van der Waals surface area contributed by atoms with Crippen molar-refractivity contribution in [1.29, 1.82) is 0 Å². The number of methoxy groups -OCH3 is 2. The van der Waals surface area contributed by atoms with Gasteiger partial charge in [0.25, 0.3) is 0 Å². The average molecular weight is 172 g/mol. The molecule has 0 aromatic heterocycles. The van der Waals surface area contributed by atoms with Gasteiger partial charge in [0.05, 0.1) is 19.1 Å². The molecule has 0 aromatic carbocycles. The first-order valence-electron chi connectivity index (χ1n) is 3.88. The van der Waals surface area contributed by atoms with Crippen molar-refractivity contribution in [3.63, 3.8) is 0 Å². The SMILES string of the molecule is C=CC[C@@H](C(=O)OC)[C@@H](C)OC. The lowest BCUT2D eigenvalue weighted by molar-refractivity contribution is -0.149. The molecular weight excluding hydrogens is 156 g/mol. The monoisotopic (exact) mass is 172 g/mol. The first-order valence-corrected chi connectivity index (χ1v) is 3.88. The zero-order valence-electron chi connectivity index (χ0n) is 7.87. The number of carbonyl (C=O) groups excluding carboxylic acids is 1. The van der Waals surface area contributed by atoms with Crippen molar-refractivity contribution < 1.29 is 14.3 Å². The summed E-state index contributed by atoms with van der Waals surface area (Å²) in [6.45, 7) is 5.41. The quantitative estimate of drug-likeness (QED) is 0.464. The lowest BCUT2D eigenvalue weighted by Crippen LogP contribution is -2.28. The fraction of sp³-hybridized carbons (Fsp3) is 0.667. The van der Waals surface area contributed by atoms with Gasteiger partial charge in [0.2, 0.25) is 0 Å². The molecule has 0 aromatic rings. The Kier molecular flexibility index (Phi) is 5.37. The Labute approximate surface area is 73.4 Å². The van der Waals surface area contributed by atoms with Crippen LogP contribution >= 0.6 is 0 Å². The smallest absolute Gasteiger partial charge is 0.311 e. The molecule has 0 aliphatic heterocycles. The van der Waals surface area contributed by atoms with Gasteiger partial charge in [-0.05, 0) is 13.3 Å². The van der Waals surface area contributed by atoms with Crippen LogP contribution in [0.25, 0.3) is 0 Å². The third-order valence-electron chi connectivity index (χ3n) is 1.86. The van der Waals surface area contributed by atoms with Crippen molar-refractivity contribution in [2.75, 3.05) is 14.2 Å². The zero-order valence-corrected chi connectivity index (χ0v) is 7.87. The second-order valence-electron chi connectivity index (χ2n) is 2.59. The molecule has 0 saturated heterocycles. The summed E-state index contributed by atoms with van der Waals surface area (Å²) in [6, 6.07) is 0. The van der Waals surface area contributed by atoms with E-state index < -0.39 is 0 Å². The number of hydrogen-bond acceptors (Lipinski definition) is 3. The molecule has 0 heterocycles. The molecule has 3 nitrogen and oxygen atoms in total. The first kappa shape index (κ1) is 11.2. The Hall–Kier alpha value is -0.830. The number of hydrogen-bond donors (Lipinski definition) is 0. The van der Waals surface area contributed by atoms with E-state index in [1.807, 2.05) is 6.92 Å². The van der Waals surface area contributed by atoms with Gasteiger partial charge in [-0.1, -0.05) is 6.08 Å². The molecule has 0 fully saturated rings. The lowest BCUT2D eigenvalue weighted by Gasteiger charge is -2.18. The van der Waals surface area contributed by atoms with E-state index in [0.717, 1.165) is 0 Å². The standard InChI is InChI=1S/C9H16O3/c1-5-6-8(7(2)11-3)9(10)12-4/h5,7-8H,1,6H2,2-4H3/t7-,8-/m1/s1. The molecule has 0 unspecified atom stereocenters. The van der Waals surface area contributed by atoms with E-state index in [4.69, 9.17) is 4.74 Å². The van der Waals surface area contributed by atoms with Crippen molar-refractivity contribution in [3.8, 4) is 0 Å². The molecule has 0 bridgehead atoms. The third-order valence-corrected chi connectivity index (χ3v) is 1.86. The van der Waals surface area contributed by atoms with Crippen LogP contribution in [0.3, 0.4) is 0 Å². The highest BCUT2D eigenvalue weighted by Crippen LogP contribution is 2.13. The lowest BCUT2D eigenvalue weighted by atomic mass is 10.00. The molecule has 0 radical (unpaired) electrons. The van der Waals surface area contributed by atoms with Gasteiger partial charge in [0.15, 0.2) is 0 Å². The van der Waals surface area contributed by atoms with E-state index >= 15 is 0 Å². The van der Waals surface area contributed by atoms with Crippen LogP contribution in [0.2, 0.25) is 0 Å². The van der Waals surface area contributed by atoms with Gasteiger partial charge >= 0.3 is 5.97 Å². The molecular formula is C9H16O3. The molecule has 0 saturated carbocycles. The molecule has 3 heteroatoms. The van der Waals surface area contributed by atoms with Crippen LogP contribution in [0.4, 0.5) is 0 Å². The Balaban J connectivity index is 4.20. The average Bonchev–Trinajstić information content (AvgIpc) is 2.11. The normalized spacial score (nSPS) is 14.9. The molecule has 0 spiro atoms. The van der Waals surface area contributed by atoms with E-state index in [2.05, 4.69) is 11.3 Å². The highest BCUT2D eigenvalue weighted by atomic mass is 16.5. The number of esters is 1. The van der Waals surface area contributed by atoms with E-state index in [1.165, 1.54) is 7.11 Å². The summed E-state index contributed by atoms with van der Waals surface area (Å²) in [5.74, 6) is -0.484. The molecule has 12 heavy (non-hydrogen) atoms. The molecule has 0 amide bonds. The Morgan fingerprint density at radius 3 is 2.50 bits per heavy atom. The molecule has 70 valence electrons. The summed E-state index contributed by atoms with van der Waals surface area (Å²) in [5, 5.41) is 0. The van der Waals surface area contributed by atoms with Gasteiger partial charge < -0.3 is 9.47 Å². The first-order chi connectivity index (χ1) is 5.67. The van der Waals surface area contributed by atoms with Crippen molar-refractivity contribution in [1.82, 2.24) is 0 Å². The van der Waals surface area contributed by atoms with Gasteiger partial charge in [-0.2, -0.15) is 0 Å². The number of ether oxygens (including phenoxy) is 2. The maximum atomic E-state index is 11.2. The fourth-order valence-electron chi connectivity index (χ4n) is 0.975. The van der Waals surface area contributed by atoms with E-state index in [0.29, 0.717) is 6.42 Å². The second kappa shape index (κ2) is 5.77. The van der Waals surface area contributed by atoms with Gasteiger partial charge in [0, 0.05) is 7.11 Å². The van der Waals surface area contributed by atoms with Crippen LogP contribution in [0.1, 0.15) is 13.3 Å². The van der Waals surface area contributed by atoms with E-state index in [9.17, 15) is 4.79 Å². The largest absolute Gasteiger partial charge is 0.469 e. The summed E-state index contributed by atoms with van der Waals surface area (Å²) in [5.41, 5.74) is 0. The number of carbonyl (C=O) groups is 1. The van der Waals surface area contributed by atoms with Crippen molar-refractivity contribution >= 4 is 5.97 Å². The molecule has 0 rings (SSSR count). The minimum Gasteiger partial charge on any atom is -0.469 e. The summed E-state index contributed by atoms with van der Waals surface area (Å²) in [7, 11) is 2.95. The van der Waals surface area contributed by atoms with Crippen LogP contribution in [-0.2, 0) is 14.3 Å². The predicted molar refractivity (Wildman–Crippen MR) is 46.8 cm³/mol. The summed E-state index contributed by atoms with van der Waals surface area (Å²) in [4.78, 5) is 11.2. The molecule has 0 N–H and O–H groups in total. The van der Waals surface area contributed by atoms with Crippen LogP contribution in [0.5, 0.6) is 0 Å². The van der Waals surface area contributed by atoms with Crippen molar-refractivity contribution in [3.05, 3.63) is 12.7 Å². The maximum Gasteiger partial charge on any atom is 0.311 e. The Morgan fingerprint density at radius 2 is 2.17 bits per heavy atom. The minimum atomic E-state index is -0.246. The minimum absolute atomic E-state index is 0.129. The van der Waals surface area contributed by atoms with E-state index in [-0.39, 0.29) is 18.0 Å². The highest BCUT2D eigenvalue weighted by molar-refractivity contribution is 5.73. The summed E-state index contributed by atoms with van der Waals surface area (Å²) < 4.78 is 9.66. The van der Waals surface area contributed by atoms with Crippen LogP contribution in [0, 0.1) is 5.92 Å². The number of rotatable bonds is 5. The van der Waals surface area contributed by atoms with E-state index in [1.54, 1.807) is 13.2 Å². The van der Waals surface area contributed by atoms with Gasteiger partial charge in [-0.25, -0.2) is 0 Å². The molecule has 0 aliphatic carbocycles. The van der Waals surface area contributed by atoms with Crippen LogP contribution in [0.15, 0.2) is 12.7 Å². The fourth-order valence-corrected chi connectivity index (χ4v) is 0.975. The van der Waals surface area contributed by atoms with Crippen LogP contribution in [-0.4, -0.2) is 26.3 Å². The zero-order chi connectivity index (χ0) is 9.56. The van der Waals surface area contributed by atoms with Crippen LogP contribution < -0.4 is 0 Å². The topological polar surface area (TPSA) is 35.5 Å². The second-order valence-corrected chi connectivity index (χ2v) is 2.59. The molecule has 2 atom stereocenters. The summed E-state index contributed by atoms with van der Waals surface area (Å²) >= 11 is 0. The predicted octanol–water partition coefficient (Wildman–Crippen LogP) is 1.39. The number of allylic oxidation sites excluding steroid dienone is 1. The maximum absolute atomic E-state index is 11.2. The third kappa shape index (κ3) is 3.05. The molecule has 0 aliphatic rings. The van der Waals surface area contributed by atoms with Gasteiger partial charge in [-0.15, -0.1) is 6.58 Å². The van der Waals surface area contributed by atoms with Gasteiger partial charge in [0.1, 0.15) is 0 Å². The Morgan fingerprint density at radius 1 is 1.58 bits per heavy atom. The van der Waals surface area contributed by atoms with Gasteiger partial charge in [-0.3, -0.25) is 4.79 Å². The Bertz CT molecular complexity index is 154. The highest BCUT2D eigenvalue weighted by Gasteiger charge is 2.24.